The Hall–Kier alpha value is -1.07. The number of benzene rings is 1. The predicted octanol–water partition coefficient (Wildman–Crippen LogP) is 2.29. The van der Waals surface area contributed by atoms with Gasteiger partial charge in [-0.1, -0.05) is 32.9 Å². The minimum absolute atomic E-state index is 0.183. The number of nitrogens with two attached hydrogens (primary N) is 1. The van der Waals surface area contributed by atoms with Crippen molar-refractivity contribution in [2.45, 2.75) is 32.1 Å². The first-order valence-corrected chi connectivity index (χ1v) is 8.84. The third kappa shape index (κ3) is 4.49. The molecular weight excluding hydrogens is 272 g/mol. The Morgan fingerprint density at radius 3 is 2.45 bits per heavy atom. The highest BCUT2D eigenvalue weighted by Crippen LogP contribution is 2.26. The molecule has 0 spiro atoms. The Morgan fingerprint density at radius 1 is 1.25 bits per heavy atom. The maximum Gasteiger partial charge on any atom is 0.180 e. The van der Waals surface area contributed by atoms with Crippen molar-refractivity contribution in [1.82, 2.24) is 0 Å². The van der Waals surface area contributed by atoms with Gasteiger partial charge in [-0.2, -0.15) is 0 Å². The molecule has 1 rings (SSSR count). The first-order valence-electron chi connectivity index (χ1n) is 7.19. The largest absolute Gasteiger partial charge is 0.369 e. The van der Waals surface area contributed by atoms with Gasteiger partial charge in [0.1, 0.15) is 0 Å². The zero-order valence-corrected chi connectivity index (χ0v) is 13.5. The first kappa shape index (κ1) is 17.0. The van der Waals surface area contributed by atoms with E-state index >= 15 is 0 Å². The van der Waals surface area contributed by atoms with Gasteiger partial charge in [0.15, 0.2) is 9.84 Å². The Bertz CT molecular complexity index is 512. The molecular formula is C15H26N2O2S. The van der Waals surface area contributed by atoms with Crippen molar-refractivity contribution in [2.75, 3.05) is 30.3 Å². The molecule has 0 aromatic heterocycles. The van der Waals surface area contributed by atoms with Crippen LogP contribution in [-0.2, 0) is 9.84 Å². The Morgan fingerprint density at radius 2 is 1.90 bits per heavy atom. The summed E-state index contributed by atoms with van der Waals surface area (Å²) in [6.07, 6.45) is 0.623. The number of para-hydroxylation sites is 1. The van der Waals surface area contributed by atoms with Crippen LogP contribution in [0.5, 0.6) is 0 Å². The number of hydrogen-bond acceptors (Lipinski definition) is 4. The molecule has 4 nitrogen and oxygen atoms in total. The van der Waals surface area contributed by atoms with Crippen LogP contribution in [0.15, 0.2) is 29.2 Å². The minimum atomic E-state index is -3.22. The molecule has 0 heterocycles. The van der Waals surface area contributed by atoms with Crippen LogP contribution in [0.25, 0.3) is 0 Å². The standard InChI is InChI=1S/C15H26N2O2S/c1-4-11-20(18,19)15-8-6-5-7-14(15)17(10-9-16)12-13(2)3/h5-8,13H,4,9-12,16H2,1-3H3. The maximum absolute atomic E-state index is 12.4. The molecule has 0 saturated heterocycles. The van der Waals surface area contributed by atoms with Crippen molar-refractivity contribution in [3.8, 4) is 0 Å². The van der Waals surface area contributed by atoms with E-state index in [1.54, 1.807) is 12.1 Å². The second-order valence-electron chi connectivity index (χ2n) is 5.42. The molecule has 0 bridgehead atoms. The number of rotatable bonds is 8. The molecule has 1 aromatic rings. The van der Waals surface area contributed by atoms with Gasteiger partial charge in [0.05, 0.1) is 16.3 Å². The van der Waals surface area contributed by atoms with E-state index in [0.29, 0.717) is 30.3 Å². The van der Waals surface area contributed by atoms with Crippen molar-refractivity contribution < 1.29 is 8.42 Å². The molecule has 2 N–H and O–H groups in total. The summed E-state index contributed by atoms with van der Waals surface area (Å²) in [4.78, 5) is 2.50. The van der Waals surface area contributed by atoms with Crippen LogP contribution in [0.1, 0.15) is 27.2 Å². The van der Waals surface area contributed by atoms with E-state index in [2.05, 4.69) is 18.7 Å². The van der Waals surface area contributed by atoms with Crippen molar-refractivity contribution in [1.29, 1.82) is 0 Å². The summed E-state index contributed by atoms with van der Waals surface area (Å²) in [5, 5.41) is 0. The van der Waals surface area contributed by atoms with Gasteiger partial charge < -0.3 is 10.6 Å². The molecule has 0 radical (unpaired) electrons. The van der Waals surface area contributed by atoms with E-state index in [-0.39, 0.29) is 5.75 Å². The summed E-state index contributed by atoms with van der Waals surface area (Å²) in [5.41, 5.74) is 6.45. The summed E-state index contributed by atoms with van der Waals surface area (Å²) < 4.78 is 24.8. The fraction of sp³-hybridized carbons (Fsp3) is 0.600. The van der Waals surface area contributed by atoms with Crippen molar-refractivity contribution in [3.05, 3.63) is 24.3 Å². The number of nitrogens with zero attached hydrogens (tertiary/aromatic N) is 1. The summed E-state index contributed by atoms with van der Waals surface area (Å²) in [7, 11) is -3.22. The molecule has 5 heteroatoms. The summed E-state index contributed by atoms with van der Waals surface area (Å²) in [6, 6.07) is 7.23. The Kier molecular flexibility index (Phi) is 6.49. The fourth-order valence-corrected chi connectivity index (χ4v) is 3.83. The van der Waals surface area contributed by atoms with E-state index in [1.165, 1.54) is 0 Å². The van der Waals surface area contributed by atoms with E-state index in [1.807, 2.05) is 19.1 Å². The van der Waals surface area contributed by atoms with Crippen molar-refractivity contribution in [3.63, 3.8) is 0 Å². The molecule has 0 aliphatic rings. The molecule has 114 valence electrons. The van der Waals surface area contributed by atoms with Gasteiger partial charge >= 0.3 is 0 Å². The zero-order valence-electron chi connectivity index (χ0n) is 12.7. The monoisotopic (exact) mass is 298 g/mol. The SMILES string of the molecule is CCCS(=O)(=O)c1ccccc1N(CCN)CC(C)C. The number of sulfone groups is 1. The van der Waals surface area contributed by atoms with Gasteiger partial charge in [-0.3, -0.25) is 0 Å². The lowest BCUT2D eigenvalue weighted by Gasteiger charge is -2.28. The molecule has 1 aromatic carbocycles. The molecule has 0 unspecified atom stereocenters. The van der Waals surface area contributed by atoms with Crippen LogP contribution < -0.4 is 10.6 Å². The highest BCUT2D eigenvalue weighted by molar-refractivity contribution is 7.91. The lowest BCUT2D eigenvalue weighted by Crippen LogP contribution is -2.33. The quantitative estimate of drug-likeness (QED) is 0.800. The summed E-state index contributed by atoms with van der Waals surface area (Å²) in [6.45, 7) is 8.09. The van der Waals surface area contributed by atoms with Gasteiger partial charge in [0.2, 0.25) is 0 Å². The van der Waals surface area contributed by atoms with Gasteiger partial charge in [0.25, 0.3) is 0 Å². The highest BCUT2D eigenvalue weighted by atomic mass is 32.2. The first-order chi connectivity index (χ1) is 9.42. The summed E-state index contributed by atoms with van der Waals surface area (Å²) in [5.74, 6) is 0.630. The predicted molar refractivity (Wildman–Crippen MR) is 84.9 cm³/mol. The smallest absolute Gasteiger partial charge is 0.180 e. The number of hydrogen-bond donors (Lipinski definition) is 1. The second kappa shape index (κ2) is 7.64. The summed E-state index contributed by atoms with van der Waals surface area (Å²) >= 11 is 0. The third-order valence-corrected chi connectivity index (χ3v) is 4.96. The van der Waals surface area contributed by atoms with Crippen LogP contribution in [0.4, 0.5) is 5.69 Å². The Balaban J connectivity index is 3.22. The minimum Gasteiger partial charge on any atom is -0.369 e. The van der Waals surface area contributed by atoms with Crippen LogP contribution in [-0.4, -0.2) is 33.8 Å². The Labute approximate surface area is 122 Å². The molecule has 20 heavy (non-hydrogen) atoms. The third-order valence-electron chi connectivity index (χ3n) is 3.00. The average molecular weight is 298 g/mol. The molecule has 0 fully saturated rings. The average Bonchev–Trinajstić information content (AvgIpc) is 2.38. The normalized spacial score (nSPS) is 11.8. The van der Waals surface area contributed by atoms with Crippen LogP contribution >= 0.6 is 0 Å². The molecule has 0 amide bonds. The highest BCUT2D eigenvalue weighted by Gasteiger charge is 2.21. The van der Waals surface area contributed by atoms with Gasteiger partial charge in [-0.15, -0.1) is 0 Å². The van der Waals surface area contributed by atoms with Crippen LogP contribution in [0, 0.1) is 5.92 Å². The lowest BCUT2D eigenvalue weighted by atomic mass is 10.2. The van der Waals surface area contributed by atoms with Crippen LogP contribution in [0.2, 0.25) is 0 Å². The second-order valence-corrected chi connectivity index (χ2v) is 7.49. The van der Waals surface area contributed by atoms with Gasteiger partial charge in [-0.25, -0.2) is 8.42 Å². The topological polar surface area (TPSA) is 63.4 Å². The van der Waals surface area contributed by atoms with E-state index in [9.17, 15) is 8.42 Å². The number of anilines is 1. The van der Waals surface area contributed by atoms with E-state index in [0.717, 1.165) is 12.2 Å². The van der Waals surface area contributed by atoms with Crippen molar-refractivity contribution >= 4 is 15.5 Å². The van der Waals surface area contributed by atoms with E-state index < -0.39 is 9.84 Å². The van der Waals surface area contributed by atoms with Gasteiger partial charge in [-0.05, 0) is 24.5 Å². The maximum atomic E-state index is 12.4. The van der Waals surface area contributed by atoms with E-state index in [4.69, 9.17) is 5.73 Å². The van der Waals surface area contributed by atoms with Crippen molar-refractivity contribution in [2.24, 2.45) is 11.7 Å². The fourth-order valence-electron chi connectivity index (χ4n) is 2.27. The zero-order chi connectivity index (χ0) is 15.2. The lowest BCUT2D eigenvalue weighted by molar-refractivity contribution is 0.589. The molecule has 0 aliphatic carbocycles. The molecule has 0 saturated carbocycles. The van der Waals surface area contributed by atoms with Crippen LogP contribution in [0.3, 0.4) is 0 Å². The van der Waals surface area contributed by atoms with Gasteiger partial charge in [0, 0.05) is 19.6 Å². The molecule has 0 aliphatic heterocycles. The molecule has 0 atom stereocenters.